The predicted octanol–water partition coefficient (Wildman–Crippen LogP) is 1.25. The van der Waals surface area contributed by atoms with Gasteiger partial charge in [0.1, 0.15) is 0 Å². The molecule has 9 heteroatoms. The Labute approximate surface area is 129 Å². The average molecular weight is 501 g/mol. The first-order valence-electron chi connectivity index (χ1n) is 6.17. The molecule has 0 aromatic rings. The molecule has 0 bridgehead atoms. The van der Waals surface area contributed by atoms with Gasteiger partial charge in [0.15, 0.2) is 0 Å². The minimum atomic E-state index is -3.57. The van der Waals surface area contributed by atoms with Crippen molar-refractivity contribution in [2.45, 2.75) is 54.6 Å². The molecule has 2 aliphatic rings. The number of hydrogen-bond acceptors (Lipinski definition) is 6. The molecular formula is C10H17ClHgO6S. The second-order valence-electron chi connectivity index (χ2n) is 5.24. The van der Waals surface area contributed by atoms with Crippen molar-refractivity contribution in [1.82, 2.24) is 0 Å². The van der Waals surface area contributed by atoms with Gasteiger partial charge >= 0.3 is 129 Å². The molecule has 19 heavy (non-hydrogen) atoms. The second-order valence-corrected chi connectivity index (χ2v) is 14.4. The number of halogens is 1. The molecule has 2 fully saturated rings. The molecule has 0 aromatic heterocycles. The summed E-state index contributed by atoms with van der Waals surface area (Å²) >= 11 is -1.28. The fourth-order valence-electron chi connectivity index (χ4n) is 2.38. The maximum absolute atomic E-state index is 11.4. The van der Waals surface area contributed by atoms with E-state index >= 15 is 0 Å². The standard InChI is InChI=1S/C10H17O6S.ClH.Hg/c1-5-6-7(16-17(4,11)12)8-9(13-6)15-10(2,3)14-8;;/h6-9H,1,5H2,2-4H3;1H;/q;;+1/p-1/t6-,7+,8-,9-;;/m1../s1. The van der Waals surface area contributed by atoms with Crippen LogP contribution in [0, 0.1) is 0 Å². The maximum atomic E-state index is 11.4. The molecule has 0 aromatic carbocycles. The summed E-state index contributed by atoms with van der Waals surface area (Å²) in [5, 5.41) is 0. The van der Waals surface area contributed by atoms with E-state index in [4.69, 9.17) is 26.6 Å². The van der Waals surface area contributed by atoms with E-state index in [0.29, 0.717) is 6.42 Å². The molecule has 2 heterocycles. The van der Waals surface area contributed by atoms with Crippen LogP contribution in [0.1, 0.15) is 20.3 Å². The van der Waals surface area contributed by atoms with E-state index in [-0.39, 0.29) is 6.10 Å². The van der Waals surface area contributed by atoms with Crippen molar-refractivity contribution < 1.29 is 50.2 Å². The van der Waals surface area contributed by atoms with Gasteiger partial charge in [-0.25, -0.2) is 0 Å². The summed E-state index contributed by atoms with van der Waals surface area (Å²) in [4.78, 5) is 0. The van der Waals surface area contributed by atoms with Crippen molar-refractivity contribution in [3.63, 3.8) is 0 Å². The summed E-state index contributed by atoms with van der Waals surface area (Å²) in [6.07, 6.45) is -0.343. The number of fused-ring (bicyclic) bond motifs is 1. The Morgan fingerprint density at radius 1 is 1.37 bits per heavy atom. The molecule has 0 spiro atoms. The number of rotatable bonds is 5. The minimum absolute atomic E-state index is 0.334. The Hall–Kier alpha value is 1.02. The van der Waals surface area contributed by atoms with Crippen molar-refractivity contribution in [3.8, 4) is 0 Å². The zero-order valence-corrected chi connectivity index (χ0v) is 18.2. The van der Waals surface area contributed by atoms with Crippen LogP contribution in [0.15, 0.2) is 0 Å². The zero-order valence-electron chi connectivity index (χ0n) is 11.2. The molecule has 0 aliphatic carbocycles. The third-order valence-corrected chi connectivity index (χ3v) is 8.54. The van der Waals surface area contributed by atoms with Crippen LogP contribution in [0.3, 0.4) is 0 Å². The van der Waals surface area contributed by atoms with Gasteiger partial charge < -0.3 is 0 Å². The Morgan fingerprint density at radius 2 is 2.05 bits per heavy atom. The van der Waals surface area contributed by atoms with Gasteiger partial charge in [-0.3, -0.25) is 0 Å². The predicted molar refractivity (Wildman–Crippen MR) is 63.7 cm³/mol. The van der Waals surface area contributed by atoms with Gasteiger partial charge in [-0.15, -0.1) is 0 Å². The molecule has 2 aliphatic heterocycles. The SMILES string of the molecule is CC1(C)O[C@H]2O[C@H](C[CH2][Hg][Cl])[C@H](OS(C)(=O)=O)[C@H]2O1. The third kappa shape index (κ3) is 4.24. The van der Waals surface area contributed by atoms with Gasteiger partial charge in [-0.1, -0.05) is 0 Å². The summed E-state index contributed by atoms with van der Waals surface area (Å²) in [6, 6.07) is 0. The van der Waals surface area contributed by atoms with Crippen LogP contribution < -0.4 is 0 Å². The van der Waals surface area contributed by atoms with Crippen LogP contribution in [0.25, 0.3) is 0 Å². The molecular weight excluding hydrogens is 484 g/mol. The van der Waals surface area contributed by atoms with Gasteiger partial charge in [0, 0.05) is 0 Å². The van der Waals surface area contributed by atoms with E-state index in [2.05, 4.69) is 0 Å². The summed E-state index contributed by atoms with van der Waals surface area (Å²) in [5.41, 5.74) is 0. The van der Waals surface area contributed by atoms with Gasteiger partial charge in [-0.2, -0.15) is 0 Å². The van der Waals surface area contributed by atoms with Crippen LogP contribution in [-0.2, 0) is 51.9 Å². The monoisotopic (exact) mass is 502 g/mol. The Balaban J connectivity index is 2.11. The van der Waals surface area contributed by atoms with Gasteiger partial charge in [-0.05, 0) is 0 Å². The van der Waals surface area contributed by atoms with Crippen molar-refractivity contribution in [2.24, 2.45) is 0 Å². The molecule has 0 radical (unpaired) electrons. The quantitative estimate of drug-likeness (QED) is 0.418. The van der Waals surface area contributed by atoms with E-state index < -0.39 is 57.7 Å². The molecule has 6 nitrogen and oxygen atoms in total. The fraction of sp³-hybridized carbons (Fsp3) is 1.00. The summed E-state index contributed by atoms with van der Waals surface area (Å²) < 4.78 is 45.8. The first kappa shape index (κ1) is 16.4. The molecule has 0 unspecified atom stereocenters. The topological polar surface area (TPSA) is 71.1 Å². The van der Waals surface area contributed by atoms with Crippen LogP contribution in [0.2, 0.25) is 3.93 Å². The fourth-order valence-corrected chi connectivity index (χ4v) is 6.53. The number of ether oxygens (including phenoxy) is 3. The third-order valence-electron chi connectivity index (χ3n) is 3.00. The molecule has 0 saturated carbocycles. The average Bonchev–Trinajstić information content (AvgIpc) is 2.68. The Kier molecular flexibility index (Phi) is 5.19. The Bertz CT molecular complexity index is 428. The van der Waals surface area contributed by atoms with Gasteiger partial charge in [0.05, 0.1) is 0 Å². The van der Waals surface area contributed by atoms with Gasteiger partial charge in [0.25, 0.3) is 0 Å². The first-order valence-corrected chi connectivity index (χ1v) is 18.6. The number of hydrogen-bond donors (Lipinski definition) is 0. The van der Waals surface area contributed by atoms with E-state index in [1.165, 1.54) is 0 Å². The molecule has 0 N–H and O–H groups in total. The Morgan fingerprint density at radius 3 is 2.63 bits per heavy atom. The summed E-state index contributed by atoms with van der Waals surface area (Å²) in [7, 11) is 2.30. The van der Waals surface area contributed by atoms with Crippen LogP contribution in [0.5, 0.6) is 0 Å². The van der Waals surface area contributed by atoms with Crippen molar-refractivity contribution in [3.05, 3.63) is 0 Å². The second kappa shape index (κ2) is 6.02. The van der Waals surface area contributed by atoms with E-state index in [9.17, 15) is 8.42 Å². The van der Waals surface area contributed by atoms with E-state index in [1.54, 1.807) is 13.8 Å². The van der Waals surface area contributed by atoms with Crippen molar-refractivity contribution in [2.75, 3.05) is 6.26 Å². The van der Waals surface area contributed by atoms with Crippen LogP contribution >= 0.6 is 8.25 Å². The normalized spacial score (nSPS) is 37.1. The molecule has 4 atom stereocenters. The van der Waals surface area contributed by atoms with Crippen LogP contribution in [-0.4, -0.2) is 45.1 Å². The zero-order chi connectivity index (χ0) is 14.3. The van der Waals surface area contributed by atoms with Crippen LogP contribution in [0.4, 0.5) is 0 Å². The summed E-state index contributed by atoms with van der Waals surface area (Å²) in [6.45, 7) is 3.52. The summed E-state index contributed by atoms with van der Waals surface area (Å²) in [5.74, 6) is -0.786. The first-order chi connectivity index (χ1) is 8.72. The van der Waals surface area contributed by atoms with E-state index in [0.717, 1.165) is 10.2 Å². The molecule has 0 amide bonds. The van der Waals surface area contributed by atoms with Crippen molar-refractivity contribution >= 4 is 18.4 Å². The van der Waals surface area contributed by atoms with Gasteiger partial charge in [0.2, 0.25) is 0 Å². The van der Waals surface area contributed by atoms with Crippen molar-refractivity contribution in [1.29, 1.82) is 0 Å². The molecule has 108 valence electrons. The van der Waals surface area contributed by atoms with E-state index in [1.807, 2.05) is 0 Å². The molecule has 2 rings (SSSR count). The molecule has 2 saturated heterocycles.